The van der Waals surface area contributed by atoms with E-state index in [0.29, 0.717) is 16.8 Å². The van der Waals surface area contributed by atoms with Crippen LogP contribution in [0.5, 0.6) is 0 Å². The molecule has 156 valence electrons. The van der Waals surface area contributed by atoms with Crippen LogP contribution >= 0.6 is 0 Å². The first-order valence-corrected chi connectivity index (χ1v) is 9.28. The molecule has 1 aliphatic rings. The third-order valence-electron chi connectivity index (χ3n) is 4.70. The molecule has 5 N–H and O–H groups in total. The van der Waals surface area contributed by atoms with Crippen LogP contribution in [0.3, 0.4) is 0 Å². The van der Waals surface area contributed by atoms with Crippen molar-refractivity contribution >= 4 is 23.4 Å². The summed E-state index contributed by atoms with van der Waals surface area (Å²) in [5, 5.41) is 2.57. The summed E-state index contributed by atoms with van der Waals surface area (Å²) < 4.78 is 0. The molecule has 0 spiro atoms. The average molecular weight is 407 g/mol. The number of carbonyl (C=O) groups is 3. The first-order valence-electron chi connectivity index (χ1n) is 9.28. The van der Waals surface area contributed by atoms with E-state index in [9.17, 15) is 14.4 Å². The predicted molar refractivity (Wildman–Crippen MR) is 115 cm³/mol. The molecular weight excluding hydrogens is 382 g/mol. The van der Waals surface area contributed by atoms with Gasteiger partial charge in [-0.15, -0.1) is 0 Å². The molecule has 1 aromatic heterocycles. The van der Waals surface area contributed by atoms with E-state index in [1.165, 1.54) is 13.1 Å². The summed E-state index contributed by atoms with van der Waals surface area (Å²) in [4.78, 5) is 42.2. The number of aryl methyl sites for hydroxylation is 2. The molecule has 8 nitrogen and oxygen atoms in total. The monoisotopic (exact) mass is 407 g/mol. The van der Waals surface area contributed by atoms with Crippen LogP contribution in [0, 0.1) is 13.8 Å². The Balaban J connectivity index is 0.00000341. The number of nitrogens with two attached hydrogens (primary N) is 2. The molecule has 30 heavy (non-hydrogen) atoms. The third-order valence-corrected chi connectivity index (χ3v) is 4.70. The maximum absolute atomic E-state index is 12.5. The van der Waals surface area contributed by atoms with E-state index in [1.807, 2.05) is 13.0 Å². The van der Waals surface area contributed by atoms with Crippen molar-refractivity contribution in [1.82, 2.24) is 15.2 Å². The van der Waals surface area contributed by atoms with Gasteiger partial charge in [-0.1, -0.05) is 6.07 Å². The summed E-state index contributed by atoms with van der Waals surface area (Å²) >= 11 is 0. The minimum atomic E-state index is -0.413. The third kappa shape index (κ3) is 4.22. The van der Waals surface area contributed by atoms with Crippen LogP contribution in [0.25, 0.3) is 5.70 Å². The van der Waals surface area contributed by atoms with Crippen LogP contribution in [-0.2, 0) is 11.2 Å². The van der Waals surface area contributed by atoms with Crippen molar-refractivity contribution in [3.8, 4) is 0 Å². The average Bonchev–Trinajstić information content (AvgIpc) is 2.90. The molecule has 1 aliphatic heterocycles. The van der Waals surface area contributed by atoms with E-state index in [4.69, 9.17) is 11.5 Å². The van der Waals surface area contributed by atoms with E-state index >= 15 is 0 Å². The van der Waals surface area contributed by atoms with Crippen LogP contribution in [0.15, 0.2) is 48.6 Å². The van der Waals surface area contributed by atoms with Gasteiger partial charge < -0.3 is 16.8 Å². The highest BCUT2D eigenvalue weighted by atomic mass is 16.2. The normalized spacial score (nSPS) is 14.2. The Labute approximate surface area is 175 Å². The Bertz CT molecular complexity index is 1120. The maximum atomic E-state index is 12.5. The molecule has 0 saturated heterocycles. The molecule has 0 atom stereocenters. The number of carbonyl (C=O) groups excluding carboxylic acids is 3. The van der Waals surface area contributed by atoms with Crippen molar-refractivity contribution in [2.75, 3.05) is 7.05 Å². The van der Waals surface area contributed by atoms with Crippen LogP contribution in [0.2, 0.25) is 0 Å². The van der Waals surface area contributed by atoms with Crippen molar-refractivity contribution in [3.63, 3.8) is 0 Å². The highest BCUT2D eigenvalue weighted by Crippen LogP contribution is 2.27. The number of fused-ring (bicyclic) bond motifs is 1. The van der Waals surface area contributed by atoms with Crippen LogP contribution in [0.1, 0.15) is 44.4 Å². The van der Waals surface area contributed by atoms with Crippen LogP contribution in [0.4, 0.5) is 0 Å². The molecule has 8 heteroatoms. The number of amides is 3. The lowest BCUT2D eigenvalue weighted by molar-refractivity contribution is -0.119. The highest BCUT2D eigenvalue weighted by Gasteiger charge is 2.35. The predicted octanol–water partition coefficient (Wildman–Crippen LogP) is 1.63. The van der Waals surface area contributed by atoms with Gasteiger partial charge in [0.15, 0.2) is 0 Å². The first-order chi connectivity index (χ1) is 14.2. The highest BCUT2D eigenvalue weighted by molar-refractivity contribution is 6.22. The molecule has 0 fully saturated rings. The summed E-state index contributed by atoms with van der Waals surface area (Å²) in [5.74, 6) is -1.09. The number of hydrogen-bond donors (Lipinski definition) is 3. The SMILES string of the molecule is Cc1cncc(/C(N)=C/C=C(\N)NC(=O)Cc2cc(C)cc3c2C(=O)N(C)C3=O)c1.[HH]. The number of aromatic nitrogens is 1. The Kier molecular flexibility index (Phi) is 5.68. The number of hydrogen-bond acceptors (Lipinski definition) is 6. The molecule has 0 aliphatic carbocycles. The van der Waals surface area contributed by atoms with Crippen LogP contribution in [-0.4, -0.2) is 34.7 Å². The molecule has 0 unspecified atom stereocenters. The lowest BCUT2D eigenvalue weighted by Crippen LogP contribution is -2.29. The molecular formula is C22H25N5O3. The van der Waals surface area contributed by atoms with Gasteiger partial charge in [0.2, 0.25) is 5.91 Å². The van der Waals surface area contributed by atoms with Gasteiger partial charge >= 0.3 is 0 Å². The minimum absolute atomic E-state index is 0. The van der Waals surface area contributed by atoms with E-state index in [1.54, 1.807) is 37.5 Å². The number of rotatable bonds is 5. The van der Waals surface area contributed by atoms with Gasteiger partial charge in [-0.3, -0.25) is 24.3 Å². The van der Waals surface area contributed by atoms with E-state index in [-0.39, 0.29) is 25.1 Å². The second-order valence-electron chi connectivity index (χ2n) is 7.24. The zero-order valence-corrected chi connectivity index (χ0v) is 17.0. The fourth-order valence-electron chi connectivity index (χ4n) is 3.27. The summed E-state index contributed by atoms with van der Waals surface area (Å²) in [5.41, 5.74) is 15.9. The van der Waals surface area contributed by atoms with Gasteiger partial charge in [-0.05, 0) is 54.8 Å². The van der Waals surface area contributed by atoms with E-state index < -0.39 is 11.8 Å². The Morgan fingerprint density at radius 2 is 1.83 bits per heavy atom. The maximum Gasteiger partial charge on any atom is 0.261 e. The van der Waals surface area contributed by atoms with Gasteiger partial charge in [-0.2, -0.15) is 0 Å². The smallest absolute Gasteiger partial charge is 0.261 e. The summed E-state index contributed by atoms with van der Waals surface area (Å²) in [6.45, 7) is 3.71. The molecule has 3 amide bonds. The standard InChI is InChI=1S/C22H23N5O3.H2/c1-12-6-14(20-16(8-12)21(29)27(3)22(20)30)9-19(28)26-18(24)5-4-17(23)15-7-13(2)10-25-11-15;/h4-8,10-11H,9,23-24H2,1-3H3,(H,26,28);1H/b17-4-,18-5+;. The Morgan fingerprint density at radius 1 is 1.10 bits per heavy atom. The molecule has 0 saturated carbocycles. The molecule has 3 rings (SSSR count). The van der Waals surface area contributed by atoms with Crippen LogP contribution < -0.4 is 16.8 Å². The summed E-state index contributed by atoms with van der Waals surface area (Å²) in [7, 11) is 1.42. The molecule has 0 radical (unpaired) electrons. The van der Waals surface area contributed by atoms with E-state index in [0.717, 1.165) is 21.6 Å². The quantitative estimate of drug-likeness (QED) is 0.510. The second-order valence-corrected chi connectivity index (χ2v) is 7.24. The van der Waals surface area contributed by atoms with Gasteiger partial charge in [0.05, 0.1) is 17.5 Å². The molecule has 1 aromatic carbocycles. The molecule has 2 heterocycles. The van der Waals surface area contributed by atoms with Crippen molar-refractivity contribution in [3.05, 3.63) is 81.9 Å². The number of benzene rings is 1. The van der Waals surface area contributed by atoms with Crippen molar-refractivity contribution in [1.29, 1.82) is 0 Å². The van der Waals surface area contributed by atoms with Gasteiger partial charge in [0.1, 0.15) is 5.82 Å². The fraction of sp³-hybridized carbons (Fsp3) is 0.182. The largest absolute Gasteiger partial charge is 0.398 e. The van der Waals surface area contributed by atoms with Gasteiger partial charge in [0.25, 0.3) is 11.8 Å². The number of imide groups is 1. The number of nitrogens with one attached hydrogen (secondary N) is 1. The Morgan fingerprint density at radius 3 is 2.53 bits per heavy atom. The zero-order chi connectivity index (χ0) is 22.0. The Hall–Kier alpha value is -3.94. The summed E-state index contributed by atoms with van der Waals surface area (Å²) in [6, 6.07) is 5.27. The topological polar surface area (TPSA) is 131 Å². The number of pyridine rings is 1. The lowest BCUT2D eigenvalue weighted by Gasteiger charge is -2.09. The fourth-order valence-corrected chi connectivity index (χ4v) is 3.27. The lowest BCUT2D eigenvalue weighted by atomic mass is 9.97. The van der Waals surface area contributed by atoms with Gasteiger partial charge in [0, 0.05) is 32.1 Å². The molecule has 0 bridgehead atoms. The van der Waals surface area contributed by atoms with Crippen molar-refractivity contribution in [2.24, 2.45) is 11.5 Å². The van der Waals surface area contributed by atoms with Gasteiger partial charge in [-0.25, -0.2) is 0 Å². The van der Waals surface area contributed by atoms with Crippen molar-refractivity contribution in [2.45, 2.75) is 20.3 Å². The summed E-state index contributed by atoms with van der Waals surface area (Å²) in [6.07, 6.45) is 6.33. The second kappa shape index (κ2) is 8.20. The van der Waals surface area contributed by atoms with E-state index in [2.05, 4.69) is 10.3 Å². The minimum Gasteiger partial charge on any atom is -0.398 e. The first kappa shape index (κ1) is 20.8. The van der Waals surface area contributed by atoms with Crippen molar-refractivity contribution < 1.29 is 15.8 Å². The number of allylic oxidation sites excluding steroid dienone is 2. The molecule has 2 aromatic rings. The zero-order valence-electron chi connectivity index (χ0n) is 17.0. The number of nitrogens with zero attached hydrogens (tertiary/aromatic N) is 2.